The SMILES string of the molecule is C=Cc1c(COC)nc(-c2ccc(C=O)cc2)c(F)c1N. The van der Waals surface area contributed by atoms with E-state index in [0.717, 1.165) is 6.29 Å². The van der Waals surface area contributed by atoms with Crippen molar-refractivity contribution < 1.29 is 13.9 Å². The quantitative estimate of drug-likeness (QED) is 0.858. The number of anilines is 1. The zero-order valence-corrected chi connectivity index (χ0v) is 11.6. The first-order chi connectivity index (χ1) is 10.1. The van der Waals surface area contributed by atoms with Crippen LogP contribution in [-0.4, -0.2) is 18.4 Å². The van der Waals surface area contributed by atoms with Crippen molar-refractivity contribution in [2.45, 2.75) is 6.61 Å². The average Bonchev–Trinajstić information content (AvgIpc) is 2.51. The second kappa shape index (κ2) is 6.28. The summed E-state index contributed by atoms with van der Waals surface area (Å²) in [5.41, 5.74) is 7.93. The summed E-state index contributed by atoms with van der Waals surface area (Å²) in [5, 5.41) is 0. The van der Waals surface area contributed by atoms with E-state index >= 15 is 0 Å². The number of halogens is 1. The molecule has 2 aromatic rings. The van der Waals surface area contributed by atoms with Gasteiger partial charge in [-0.2, -0.15) is 0 Å². The van der Waals surface area contributed by atoms with E-state index < -0.39 is 5.82 Å². The van der Waals surface area contributed by atoms with Gasteiger partial charge in [-0.1, -0.05) is 36.9 Å². The van der Waals surface area contributed by atoms with Gasteiger partial charge < -0.3 is 10.5 Å². The maximum atomic E-state index is 14.4. The Bertz CT molecular complexity index is 682. The van der Waals surface area contributed by atoms with Gasteiger partial charge in [-0.25, -0.2) is 9.37 Å². The van der Waals surface area contributed by atoms with Crippen molar-refractivity contribution in [2.75, 3.05) is 12.8 Å². The number of aromatic nitrogens is 1. The Labute approximate surface area is 122 Å². The minimum Gasteiger partial charge on any atom is -0.396 e. The molecule has 0 aliphatic rings. The maximum Gasteiger partial charge on any atom is 0.172 e. The number of methoxy groups -OCH3 is 1. The van der Waals surface area contributed by atoms with Crippen LogP contribution in [-0.2, 0) is 11.3 Å². The summed E-state index contributed by atoms with van der Waals surface area (Å²) >= 11 is 0. The molecule has 0 fully saturated rings. The zero-order chi connectivity index (χ0) is 15.4. The molecule has 1 aromatic heterocycles. The maximum absolute atomic E-state index is 14.4. The highest BCUT2D eigenvalue weighted by atomic mass is 19.1. The van der Waals surface area contributed by atoms with Crippen LogP contribution < -0.4 is 5.73 Å². The van der Waals surface area contributed by atoms with Gasteiger partial charge in [0.1, 0.15) is 12.0 Å². The molecule has 0 spiro atoms. The van der Waals surface area contributed by atoms with E-state index in [1.807, 2.05) is 0 Å². The minimum absolute atomic E-state index is 0.0125. The van der Waals surface area contributed by atoms with Gasteiger partial charge in [-0.15, -0.1) is 0 Å². The number of benzene rings is 1. The van der Waals surface area contributed by atoms with Gasteiger partial charge >= 0.3 is 0 Å². The molecule has 21 heavy (non-hydrogen) atoms. The van der Waals surface area contributed by atoms with E-state index in [9.17, 15) is 9.18 Å². The summed E-state index contributed by atoms with van der Waals surface area (Å²) in [6.45, 7) is 3.82. The van der Waals surface area contributed by atoms with Crippen LogP contribution in [0.3, 0.4) is 0 Å². The van der Waals surface area contributed by atoms with Crippen LogP contribution in [0.5, 0.6) is 0 Å². The normalized spacial score (nSPS) is 10.4. The molecular formula is C16H15FN2O2. The lowest BCUT2D eigenvalue weighted by molar-refractivity contribution is 0.112. The predicted molar refractivity (Wildman–Crippen MR) is 80.2 cm³/mol. The summed E-state index contributed by atoms with van der Waals surface area (Å²) in [6, 6.07) is 6.44. The number of carbonyl (C=O) groups is 1. The summed E-state index contributed by atoms with van der Waals surface area (Å²) in [7, 11) is 1.52. The summed E-state index contributed by atoms with van der Waals surface area (Å²) in [5.74, 6) is -0.608. The van der Waals surface area contributed by atoms with E-state index in [2.05, 4.69) is 11.6 Å². The van der Waals surface area contributed by atoms with Gasteiger partial charge in [-0.05, 0) is 0 Å². The number of hydrogen-bond donors (Lipinski definition) is 1. The van der Waals surface area contributed by atoms with Crippen molar-refractivity contribution in [1.82, 2.24) is 4.98 Å². The van der Waals surface area contributed by atoms with Crippen LogP contribution in [0.1, 0.15) is 21.6 Å². The molecule has 2 N–H and O–H groups in total. The first-order valence-corrected chi connectivity index (χ1v) is 6.27. The van der Waals surface area contributed by atoms with Crippen LogP contribution in [0.4, 0.5) is 10.1 Å². The molecule has 0 bridgehead atoms. The van der Waals surface area contributed by atoms with Gasteiger partial charge in [0.15, 0.2) is 5.82 Å². The number of rotatable bonds is 5. The van der Waals surface area contributed by atoms with Gasteiger partial charge in [0, 0.05) is 23.8 Å². The predicted octanol–water partition coefficient (Wildman–Crippen LogP) is 3.07. The van der Waals surface area contributed by atoms with Gasteiger partial charge in [0.25, 0.3) is 0 Å². The molecule has 1 heterocycles. The van der Waals surface area contributed by atoms with Crippen LogP contribution in [0.2, 0.25) is 0 Å². The summed E-state index contributed by atoms with van der Waals surface area (Å²) < 4.78 is 19.4. The third-order valence-electron chi connectivity index (χ3n) is 3.10. The lowest BCUT2D eigenvalue weighted by Gasteiger charge is -2.13. The fourth-order valence-electron chi connectivity index (χ4n) is 2.03. The van der Waals surface area contributed by atoms with Crippen molar-refractivity contribution in [3.8, 4) is 11.3 Å². The molecule has 0 saturated heterocycles. The molecule has 0 aliphatic carbocycles. The van der Waals surface area contributed by atoms with E-state index in [1.54, 1.807) is 24.3 Å². The highest BCUT2D eigenvalue weighted by Gasteiger charge is 2.17. The van der Waals surface area contributed by atoms with E-state index in [-0.39, 0.29) is 18.0 Å². The third kappa shape index (κ3) is 2.83. The topological polar surface area (TPSA) is 65.2 Å². The second-order valence-corrected chi connectivity index (χ2v) is 4.43. The van der Waals surface area contributed by atoms with Crippen LogP contribution >= 0.6 is 0 Å². The first-order valence-electron chi connectivity index (χ1n) is 6.27. The molecule has 2 rings (SSSR count). The minimum atomic E-state index is -0.608. The molecular weight excluding hydrogens is 271 g/mol. The van der Waals surface area contributed by atoms with Crippen molar-refractivity contribution in [2.24, 2.45) is 0 Å². The molecule has 4 nitrogen and oxygen atoms in total. The van der Waals surface area contributed by atoms with Crippen molar-refractivity contribution in [3.63, 3.8) is 0 Å². The monoisotopic (exact) mass is 286 g/mol. The average molecular weight is 286 g/mol. The number of nitrogens with two attached hydrogens (primary N) is 1. The lowest BCUT2D eigenvalue weighted by Crippen LogP contribution is -2.06. The number of hydrogen-bond acceptors (Lipinski definition) is 4. The molecule has 0 aliphatic heterocycles. The Morgan fingerprint density at radius 2 is 2.05 bits per heavy atom. The number of pyridine rings is 1. The van der Waals surface area contributed by atoms with Crippen molar-refractivity contribution in [1.29, 1.82) is 0 Å². The number of aldehydes is 1. The number of ether oxygens (including phenoxy) is 1. The van der Waals surface area contributed by atoms with Crippen molar-refractivity contribution in [3.05, 3.63) is 53.5 Å². The van der Waals surface area contributed by atoms with Gasteiger partial charge in [0.05, 0.1) is 18.0 Å². The summed E-state index contributed by atoms with van der Waals surface area (Å²) in [4.78, 5) is 14.9. The Hall–Kier alpha value is -2.53. The Kier molecular flexibility index (Phi) is 4.45. The van der Waals surface area contributed by atoms with E-state index in [4.69, 9.17) is 10.5 Å². The molecule has 0 saturated carbocycles. The van der Waals surface area contributed by atoms with E-state index in [1.165, 1.54) is 13.2 Å². The highest BCUT2D eigenvalue weighted by Crippen LogP contribution is 2.30. The molecule has 0 radical (unpaired) electrons. The highest BCUT2D eigenvalue weighted by molar-refractivity contribution is 5.78. The van der Waals surface area contributed by atoms with Crippen LogP contribution in [0.15, 0.2) is 30.8 Å². The van der Waals surface area contributed by atoms with Gasteiger partial charge in [-0.3, -0.25) is 4.79 Å². The van der Waals surface area contributed by atoms with E-state index in [0.29, 0.717) is 22.4 Å². The Morgan fingerprint density at radius 3 is 2.57 bits per heavy atom. The molecule has 108 valence electrons. The third-order valence-corrected chi connectivity index (χ3v) is 3.10. The molecule has 0 atom stereocenters. The molecule has 0 unspecified atom stereocenters. The molecule has 5 heteroatoms. The van der Waals surface area contributed by atoms with Crippen LogP contribution in [0, 0.1) is 5.82 Å². The van der Waals surface area contributed by atoms with Crippen LogP contribution in [0.25, 0.3) is 17.3 Å². The largest absolute Gasteiger partial charge is 0.396 e. The smallest absolute Gasteiger partial charge is 0.172 e. The van der Waals surface area contributed by atoms with Gasteiger partial charge in [0.2, 0.25) is 0 Å². The number of nitrogens with zero attached hydrogens (tertiary/aromatic N) is 1. The Morgan fingerprint density at radius 1 is 1.38 bits per heavy atom. The fourth-order valence-corrected chi connectivity index (χ4v) is 2.03. The number of carbonyl (C=O) groups excluding carboxylic acids is 1. The standard InChI is InChI=1S/C16H15FN2O2/c1-3-12-13(9-21-2)19-16(14(17)15(12)18)11-6-4-10(8-20)5-7-11/h3-8H,1,9H2,2H3,(H2,18,19). The lowest BCUT2D eigenvalue weighted by atomic mass is 10.0. The second-order valence-electron chi connectivity index (χ2n) is 4.43. The zero-order valence-electron chi connectivity index (χ0n) is 11.6. The molecule has 0 amide bonds. The first kappa shape index (κ1) is 14.9. The molecule has 1 aromatic carbocycles. The Balaban J connectivity index is 2.61. The number of nitrogen functional groups attached to an aromatic ring is 1. The fraction of sp³-hybridized carbons (Fsp3) is 0.125. The summed E-state index contributed by atoms with van der Waals surface area (Å²) in [6.07, 6.45) is 2.18. The van der Waals surface area contributed by atoms with Crippen molar-refractivity contribution >= 4 is 18.0 Å².